The van der Waals surface area contributed by atoms with E-state index >= 15 is 0 Å². The first-order valence-electron chi connectivity index (χ1n) is 6.58. The molecule has 4 nitrogen and oxygen atoms in total. The van der Waals surface area contributed by atoms with Crippen LogP contribution in [-0.4, -0.2) is 27.4 Å². The second kappa shape index (κ2) is 7.78. The van der Waals surface area contributed by atoms with Crippen molar-refractivity contribution in [3.63, 3.8) is 0 Å². The lowest BCUT2D eigenvalue weighted by molar-refractivity contribution is 0.306. The number of hydrogen-bond donors (Lipinski definition) is 1. The lowest BCUT2D eigenvalue weighted by atomic mass is 10.3. The van der Waals surface area contributed by atoms with E-state index < -0.39 is 0 Å². The third kappa shape index (κ3) is 4.29. The van der Waals surface area contributed by atoms with E-state index in [2.05, 4.69) is 21.2 Å². The summed E-state index contributed by atoms with van der Waals surface area (Å²) in [4.78, 5) is 0. The summed E-state index contributed by atoms with van der Waals surface area (Å²) < 4.78 is 17.1. The Kier molecular flexibility index (Phi) is 5.75. The minimum Gasteiger partial charge on any atom is -0.497 e. The molecule has 0 aliphatic carbocycles. The van der Waals surface area contributed by atoms with Crippen LogP contribution in [0.15, 0.2) is 46.9 Å². The molecule has 0 amide bonds. The van der Waals surface area contributed by atoms with E-state index in [1.807, 2.05) is 42.5 Å². The largest absolute Gasteiger partial charge is 0.497 e. The van der Waals surface area contributed by atoms with Crippen LogP contribution in [0, 0.1) is 0 Å². The SMILES string of the molecule is COc1ccc(Br)c(NCCOc2ccccc2OC)c1. The first-order valence-corrected chi connectivity index (χ1v) is 7.37. The van der Waals surface area contributed by atoms with E-state index in [1.54, 1.807) is 14.2 Å². The number of methoxy groups -OCH3 is 2. The summed E-state index contributed by atoms with van der Waals surface area (Å²) in [6.07, 6.45) is 0. The van der Waals surface area contributed by atoms with Crippen molar-refractivity contribution in [1.82, 2.24) is 0 Å². The Hall–Kier alpha value is -1.88. The van der Waals surface area contributed by atoms with Crippen LogP contribution < -0.4 is 19.5 Å². The number of para-hydroxylation sites is 2. The van der Waals surface area contributed by atoms with Crippen molar-refractivity contribution < 1.29 is 14.2 Å². The van der Waals surface area contributed by atoms with Gasteiger partial charge in [-0.25, -0.2) is 0 Å². The molecule has 0 bridgehead atoms. The normalized spacial score (nSPS) is 10.0. The van der Waals surface area contributed by atoms with E-state index in [1.165, 1.54) is 0 Å². The van der Waals surface area contributed by atoms with Gasteiger partial charge in [0, 0.05) is 17.1 Å². The van der Waals surface area contributed by atoms with Gasteiger partial charge in [0.2, 0.25) is 0 Å². The van der Waals surface area contributed by atoms with Crippen LogP contribution >= 0.6 is 15.9 Å². The molecule has 0 aromatic heterocycles. The molecule has 0 aliphatic heterocycles. The van der Waals surface area contributed by atoms with Gasteiger partial charge in [-0.3, -0.25) is 0 Å². The molecule has 0 saturated carbocycles. The Balaban J connectivity index is 1.87. The van der Waals surface area contributed by atoms with Crippen molar-refractivity contribution in [2.45, 2.75) is 0 Å². The molecule has 0 fully saturated rings. The Morgan fingerprint density at radius 3 is 2.48 bits per heavy atom. The van der Waals surface area contributed by atoms with Gasteiger partial charge < -0.3 is 19.5 Å². The van der Waals surface area contributed by atoms with E-state index in [9.17, 15) is 0 Å². The summed E-state index contributed by atoms with van der Waals surface area (Å²) in [5, 5.41) is 3.30. The standard InChI is InChI=1S/C16H18BrNO3/c1-19-12-7-8-13(17)14(11-12)18-9-10-21-16-6-4-3-5-15(16)20-2/h3-8,11,18H,9-10H2,1-2H3. The van der Waals surface area contributed by atoms with Crippen molar-refractivity contribution in [2.24, 2.45) is 0 Å². The number of hydrogen-bond acceptors (Lipinski definition) is 4. The number of benzene rings is 2. The van der Waals surface area contributed by atoms with Crippen LogP contribution in [0.25, 0.3) is 0 Å². The topological polar surface area (TPSA) is 39.7 Å². The fourth-order valence-electron chi connectivity index (χ4n) is 1.85. The van der Waals surface area contributed by atoms with Crippen molar-refractivity contribution >= 4 is 21.6 Å². The maximum absolute atomic E-state index is 5.71. The second-order valence-electron chi connectivity index (χ2n) is 4.27. The minimum atomic E-state index is 0.532. The maximum atomic E-state index is 5.71. The number of anilines is 1. The molecule has 1 N–H and O–H groups in total. The van der Waals surface area contributed by atoms with Crippen LogP contribution in [0.1, 0.15) is 0 Å². The molecule has 0 spiro atoms. The predicted molar refractivity (Wildman–Crippen MR) is 87.7 cm³/mol. The quantitative estimate of drug-likeness (QED) is 0.766. The summed E-state index contributed by atoms with van der Waals surface area (Å²) in [6, 6.07) is 13.4. The maximum Gasteiger partial charge on any atom is 0.161 e. The Bertz CT molecular complexity index is 589. The molecule has 2 aromatic rings. The predicted octanol–water partition coefficient (Wildman–Crippen LogP) is 3.96. The fraction of sp³-hybridized carbons (Fsp3) is 0.250. The highest BCUT2D eigenvalue weighted by Crippen LogP contribution is 2.27. The lowest BCUT2D eigenvalue weighted by Crippen LogP contribution is -2.12. The molecule has 21 heavy (non-hydrogen) atoms. The smallest absolute Gasteiger partial charge is 0.161 e. The lowest BCUT2D eigenvalue weighted by Gasteiger charge is -2.12. The number of ether oxygens (including phenoxy) is 3. The molecule has 0 saturated heterocycles. The van der Waals surface area contributed by atoms with Gasteiger partial charge in [-0.2, -0.15) is 0 Å². The Morgan fingerprint density at radius 1 is 1.00 bits per heavy atom. The highest BCUT2D eigenvalue weighted by Gasteiger charge is 2.04. The van der Waals surface area contributed by atoms with Gasteiger partial charge in [0.15, 0.2) is 11.5 Å². The average Bonchev–Trinajstić information content (AvgIpc) is 2.53. The van der Waals surface area contributed by atoms with E-state index in [4.69, 9.17) is 14.2 Å². The van der Waals surface area contributed by atoms with Gasteiger partial charge in [0.25, 0.3) is 0 Å². The monoisotopic (exact) mass is 351 g/mol. The van der Waals surface area contributed by atoms with Gasteiger partial charge in [-0.1, -0.05) is 12.1 Å². The third-order valence-corrected chi connectivity index (χ3v) is 3.61. The van der Waals surface area contributed by atoms with Gasteiger partial charge in [0.05, 0.1) is 19.9 Å². The summed E-state index contributed by atoms with van der Waals surface area (Å²) in [5.74, 6) is 2.29. The number of rotatable bonds is 7. The summed E-state index contributed by atoms with van der Waals surface area (Å²) in [5.41, 5.74) is 0.970. The van der Waals surface area contributed by atoms with Crippen molar-refractivity contribution in [1.29, 1.82) is 0 Å². The highest BCUT2D eigenvalue weighted by atomic mass is 79.9. The highest BCUT2D eigenvalue weighted by molar-refractivity contribution is 9.10. The molecule has 2 aromatic carbocycles. The minimum absolute atomic E-state index is 0.532. The molecule has 0 atom stereocenters. The summed E-state index contributed by atoms with van der Waals surface area (Å²) >= 11 is 3.50. The molecular weight excluding hydrogens is 334 g/mol. The molecule has 0 heterocycles. The zero-order chi connectivity index (χ0) is 15.1. The molecular formula is C16H18BrNO3. The fourth-order valence-corrected chi connectivity index (χ4v) is 2.24. The van der Waals surface area contributed by atoms with E-state index in [-0.39, 0.29) is 0 Å². The molecule has 112 valence electrons. The van der Waals surface area contributed by atoms with Gasteiger partial charge >= 0.3 is 0 Å². The van der Waals surface area contributed by atoms with E-state index in [0.29, 0.717) is 13.2 Å². The zero-order valence-corrected chi connectivity index (χ0v) is 13.6. The van der Waals surface area contributed by atoms with Crippen LogP contribution in [0.5, 0.6) is 17.2 Å². The summed E-state index contributed by atoms with van der Waals surface area (Å²) in [7, 11) is 3.28. The Labute approximate surface area is 133 Å². The van der Waals surface area contributed by atoms with Crippen LogP contribution in [-0.2, 0) is 0 Å². The summed E-state index contributed by atoms with van der Waals surface area (Å²) in [6.45, 7) is 1.20. The Morgan fingerprint density at radius 2 is 1.76 bits per heavy atom. The first-order chi connectivity index (χ1) is 10.2. The van der Waals surface area contributed by atoms with Crippen LogP contribution in [0.2, 0.25) is 0 Å². The molecule has 0 aliphatic rings. The van der Waals surface area contributed by atoms with Gasteiger partial charge in [0.1, 0.15) is 12.4 Å². The first kappa shape index (κ1) is 15.5. The average molecular weight is 352 g/mol. The van der Waals surface area contributed by atoms with Crippen molar-refractivity contribution in [2.75, 3.05) is 32.7 Å². The van der Waals surface area contributed by atoms with Crippen molar-refractivity contribution in [3.8, 4) is 17.2 Å². The zero-order valence-electron chi connectivity index (χ0n) is 12.1. The molecule has 0 unspecified atom stereocenters. The van der Waals surface area contributed by atoms with Gasteiger partial charge in [-0.15, -0.1) is 0 Å². The van der Waals surface area contributed by atoms with Crippen LogP contribution in [0.4, 0.5) is 5.69 Å². The van der Waals surface area contributed by atoms with Gasteiger partial charge in [-0.05, 0) is 40.2 Å². The van der Waals surface area contributed by atoms with Crippen molar-refractivity contribution in [3.05, 3.63) is 46.9 Å². The number of nitrogens with one attached hydrogen (secondary N) is 1. The second-order valence-corrected chi connectivity index (χ2v) is 5.13. The molecule has 0 radical (unpaired) electrons. The molecule has 2 rings (SSSR count). The van der Waals surface area contributed by atoms with Crippen LogP contribution in [0.3, 0.4) is 0 Å². The number of halogens is 1. The van der Waals surface area contributed by atoms with E-state index in [0.717, 1.165) is 27.4 Å². The molecule has 5 heteroatoms. The third-order valence-electron chi connectivity index (χ3n) is 2.92.